The number of hydrogen-bond acceptors (Lipinski definition) is 5. The Kier molecular flexibility index (Phi) is 4.83. The summed E-state index contributed by atoms with van der Waals surface area (Å²) < 4.78 is 0. The van der Waals surface area contributed by atoms with Crippen LogP contribution in [0.25, 0.3) is 10.2 Å². The molecule has 0 atom stereocenters. The molecule has 0 radical (unpaired) electrons. The fraction of sp³-hybridized carbons (Fsp3) is 0.533. The standard InChI is InChI=1S/C15H19N3O2S2/c1-10-8-11-13(20)16-15(17-14(11)22-10)21-9-12(19)18-6-4-2-3-5-7-18/h8H,2-7,9H2,1H3,(H,16,17,20). The van der Waals surface area contributed by atoms with Crippen LogP contribution in [0.15, 0.2) is 16.0 Å². The topological polar surface area (TPSA) is 66.1 Å². The van der Waals surface area contributed by atoms with Gasteiger partial charge in [-0.05, 0) is 25.8 Å². The van der Waals surface area contributed by atoms with E-state index in [1.807, 2.05) is 17.9 Å². The molecule has 1 N–H and O–H groups in total. The first kappa shape index (κ1) is 15.6. The molecule has 1 aliphatic heterocycles. The minimum Gasteiger partial charge on any atom is -0.342 e. The number of nitrogens with zero attached hydrogens (tertiary/aromatic N) is 2. The van der Waals surface area contributed by atoms with Crippen molar-refractivity contribution in [3.63, 3.8) is 0 Å². The zero-order chi connectivity index (χ0) is 15.5. The van der Waals surface area contributed by atoms with Crippen molar-refractivity contribution in [2.24, 2.45) is 0 Å². The molecule has 0 aromatic carbocycles. The first-order valence-electron chi connectivity index (χ1n) is 7.54. The maximum Gasteiger partial charge on any atom is 0.260 e. The molecule has 1 saturated heterocycles. The van der Waals surface area contributed by atoms with Gasteiger partial charge in [-0.25, -0.2) is 4.98 Å². The van der Waals surface area contributed by atoms with E-state index in [4.69, 9.17) is 0 Å². The monoisotopic (exact) mass is 337 g/mol. The lowest BCUT2D eigenvalue weighted by molar-refractivity contribution is -0.128. The van der Waals surface area contributed by atoms with Crippen molar-refractivity contribution < 1.29 is 4.79 Å². The van der Waals surface area contributed by atoms with Gasteiger partial charge < -0.3 is 9.88 Å². The molecule has 0 bridgehead atoms. The molecule has 1 aliphatic rings. The van der Waals surface area contributed by atoms with Crippen molar-refractivity contribution in [2.45, 2.75) is 37.8 Å². The highest BCUT2D eigenvalue weighted by Gasteiger charge is 2.16. The van der Waals surface area contributed by atoms with Gasteiger partial charge in [0.05, 0.1) is 11.1 Å². The van der Waals surface area contributed by atoms with E-state index >= 15 is 0 Å². The Morgan fingerprint density at radius 3 is 2.82 bits per heavy atom. The van der Waals surface area contributed by atoms with Crippen LogP contribution in [0.5, 0.6) is 0 Å². The number of aryl methyl sites for hydroxylation is 1. The number of carbonyl (C=O) groups is 1. The van der Waals surface area contributed by atoms with E-state index in [0.717, 1.165) is 35.6 Å². The number of fused-ring (bicyclic) bond motifs is 1. The van der Waals surface area contributed by atoms with Gasteiger partial charge in [-0.1, -0.05) is 24.6 Å². The van der Waals surface area contributed by atoms with Gasteiger partial charge in [-0.15, -0.1) is 11.3 Å². The number of thiophene rings is 1. The average Bonchev–Trinajstić information content (AvgIpc) is 2.71. The predicted octanol–water partition coefficient (Wildman–Crippen LogP) is 2.79. The maximum atomic E-state index is 12.3. The molecule has 0 unspecified atom stereocenters. The van der Waals surface area contributed by atoms with E-state index < -0.39 is 0 Å². The third-order valence-electron chi connectivity index (χ3n) is 3.79. The summed E-state index contributed by atoms with van der Waals surface area (Å²) in [4.78, 5) is 35.2. The van der Waals surface area contributed by atoms with E-state index in [9.17, 15) is 9.59 Å². The van der Waals surface area contributed by atoms with Crippen molar-refractivity contribution in [3.8, 4) is 0 Å². The molecule has 0 saturated carbocycles. The molecule has 1 fully saturated rings. The number of H-pyrrole nitrogens is 1. The molecule has 22 heavy (non-hydrogen) atoms. The molecule has 1 amide bonds. The Bertz CT molecular complexity index is 730. The third kappa shape index (κ3) is 3.52. The van der Waals surface area contributed by atoms with Gasteiger partial charge >= 0.3 is 0 Å². The highest BCUT2D eigenvalue weighted by atomic mass is 32.2. The number of amides is 1. The van der Waals surface area contributed by atoms with Crippen LogP contribution in [0.2, 0.25) is 0 Å². The van der Waals surface area contributed by atoms with Crippen molar-refractivity contribution in [3.05, 3.63) is 21.3 Å². The Morgan fingerprint density at radius 1 is 1.36 bits per heavy atom. The van der Waals surface area contributed by atoms with Crippen molar-refractivity contribution >= 4 is 39.2 Å². The molecule has 2 aromatic rings. The first-order chi connectivity index (χ1) is 10.6. The number of likely N-dealkylation sites (tertiary alicyclic amines) is 1. The number of nitrogens with one attached hydrogen (secondary N) is 1. The zero-order valence-corrected chi connectivity index (χ0v) is 14.2. The molecule has 0 spiro atoms. The normalized spacial score (nSPS) is 16.0. The lowest BCUT2D eigenvalue weighted by Gasteiger charge is -2.19. The van der Waals surface area contributed by atoms with Crippen LogP contribution in [-0.2, 0) is 4.79 Å². The molecule has 7 heteroatoms. The summed E-state index contributed by atoms with van der Waals surface area (Å²) in [6.07, 6.45) is 4.60. The summed E-state index contributed by atoms with van der Waals surface area (Å²) >= 11 is 2.82. The average molecular weight is 337 g/mol. The summed E-state index contributed by atoms with van der Waals surface area (Å²) in [6.45, 7) is 3.67. The van der Waals surface area contributed by atoms with Gasteiger partial charge in [-0.2, -0.15) is 0 Å². The number of aromatic nitrogens is 2. The SMILES string of the molecule is Cc1cc2c(=O)[nH]c(SCC(=O)N3CCCCCC3)nc2s1. The van der Waals surface area contributed by atoms with Crippen molar-refractivity contribution in [2.75, 3.05) is 18.8 Å². The van der Waals surface area contributed by atoms with Crippen LogP contribution in [0.4, 0.5) is 0 Å². The Morgan fingerprint density at radius 2 is 2.09 bits per heavy atom. The van der Waals surface area contributed by atoms with Crippen LogP contribution < -0.4 is 5.56 Å². The number of thioether (sulfide) groups is 1. The Balaban J connectivity index is 1.68. The van der Waals surface area contributed by atoms with Gasteiger partial charge in [0.2, 0.25) is 5.91 Å². The van der Waals surface area contributed by atoms with Crippen LogP contribution in [-0.4, -0.2) is 39.6 Å². The highest BCUT2D eigenvalue weighted by Crippen LogP contribution is 2.22. The van der Waals surface area contributed by atoms with Crippen LogP contribution in [0.3, 0.4) is 0 Å². The molecule has 2 aromatic heterocycles. The molecule has 3 heterocycles. The predicted molar refractivity (Wildman–Crippen MR) is 90.7 cm³/mol. The summed E-state index contributed by atoms with van der Waals surface area (Å²) in [5.41, 5.74) is -0.126. The second kappa shape index (κ2) is 6.83. The van der Waals surface area contributed by atoms with Crippen LogP contribution in [0, 0.1) is 6.92 Å². The molecular formula is C15H19N3O2S2. The summed E-state index contributed by atoms with van der Waals surface area (Å²) in [7, 11) is 0. The Labute approximate surface area is 137 Å². The lowest BCUT2D eigenvalue weighted by Crippen LogP contribution is -2.33. The minimum absolute atomic E-state index is 0.126. The fourth-order valence-electron chi connectivity index (χ4n) is 2.64. The third-order valence-corrected chi connectivity index (χ3v) is 5.60. The second-order valence-corrected chi connectivity index (χ2v) is 7.73. The molecule has 3 rings (SSSR count). The van der Waals surface area contributed by atoms with Gasteiger partial charge in [0.15, 0.2) is 5.16 Å². The summed E-state index contributed by atoms with van der Waals surface area (Å²) in [5, 5.41) is 1.16. The van der Waals surface area contributed by atoms with E-state index in [1.165, 1.54) is 35.9 Å². The minimum atomic E-state index is -0.126. The Hall–Kier alpha value is -1.34. The summed E-state index contributed by atoms with van der Waals surface area (Å²) in [5.74, 6) is 0.468. The van der Waals surface area contributed by atoms with E-state index in [0.29, 0.717) is 16.3 Å². The number of hydrogen-bond donors (Lipinski definition) is 1. The van der Waals surface area contributed by atoms with Crippen molar-refractivity contribution in [1.82, 2.24) is 14.9 Å². The second-order valence-electron chi connectivity index (χ2n) is 5.53. The van der Waals surface area contributed by atoms with Gasteiger partial charge in [0, 0.05) is 18.0 Å². The fourth-order valence-corrected chi connectivity index (χ4v) is 4.34. The number of aromatic amines is 1. The molecule has 0 aliphatic carbocycles. The largest absolute Gasteiger partial charge is 0.342 e. The van der Waals surface area contributed by atoms with Crippen LogP contribution >= 0.6 is 23.1 Å². The van der Waals surface area contributed by atoms with Gasteiger partial charge in [-0.3, -0.25) is 9.59 Å². The lowest BCUT2D eigenvalue weighted by atomic mass is 10.2. The summed E-state index contributed by atoms with van der Waals surface area (Å²) in [6, 6.07) is 1.85. The van der Waals surface area contributed by atoms with Crippen LogP contribution in [0.1, 0.15) is 30.6 Å². The number of rotatable bonds is 3. The number of carbonyl (C=O) groups excluding carboxylic acids is 1. The van der Waals surface area contributed by atoms with Crippen molar-refractivity contribution in [1.29, 1.82) is 0 Å². The molecular weight excluding hydrogens is 318 g/mol. The maximum absolute atomic E-state index is 12.3. The molecule has 5 nitrogen and oxygen atoms in total. The zero-order valence-electron chi connectivity index (χ0n) is 12.6. The highest BCUT2D eigenvalue weighted by molar-refractivity contribution is 7.99. The van der Waals surface area contributed by atoms with Gasteiger partial charge in [0.1, 0.15) is 4.83 Å². The molecule has 118 valence electrons. The quantitative estimate of drug-likeness (QED) is 0.691. The van der Waals surface area contributed by atoms with E-state index in [1.54, 1.807) is 0 Å². The van der Waals surface area contributed by atoms with Gasteiger partial charge in [0.25, 0.3) is 5.56 Å². The van der Waals surface area contributed by atoms with E-state index in [2.05, 4.69) is 9.97 Å². The first-order valence-corrected chi connectivity index (χ1v) is 9.35. The smallest absolute Gasteiger partial charge is 0.260 e. The van der Waals surface area contributed by atoms with E-state index in [-0.39, 0.29) is 11.5 Å².